The molecule has 0 atom stereocenters. The maximum Gasteiger partial charge on any atom is 0.234 e. The van der Waals surface area contributed by atoms with E-state index < -0.39 is 0 Å². The zero-order valence-electron chi connectivity index (χ0n) is 14.0. The van der Waals surface area contributed by atoms with Crippen LogP contribution in [0.1, 0.15) is 16.0 Å². The number of benzene rings is 1. The largest absolute Gasteiger partial charge is 0.380 e. The van der Waals surface area contributed by atoms with Gasteiger partial charge in [0.2, 0.25) is 5.91 Å². The molecule has 24 heavy (non-hydrogen) atoms. The Bertz CT molecular complexity index is 623. The number of amides is 1. The van der Waals surface area contributed by atoms with E-state index in [0.717, 1.165) is 17.7 Å². The van der Waals surface area contributed by atoms with Crippen molar-refractivity contribution in [2.45, 2.75) is 19.7 Å². The Morgan fingerprint density at radius 3 is 2.67 bits per heavy atom. The molecule has 1 aromatic carbocycles. The molecule has 4 nitrogen and oxygen atoms in total. The van der Waals surface area contributed by atoms with E-state index in [0.29, 0.717) is 26.2 Å². The molecule has 0 aliphatic rings. The third-order valence-electron chi connectivity index (χ3n) is 3.54. The second kappa shape index (κ2) is 10.0. The number of nitrogens with zero attached hydrogens (tertiary/aromatic N) is 1. The van der Waals surface area contributed by atoms with Crippen LogP contribution in [0.3, 0.4) is 0 Å². The van der Waals surface area contributed by atoms with Crippen molar-refractivity contribution in [1.82, 2.24) is 10.2 Å². The van der Waals surface area contributed by atoms with Gasteiger partial charge in [-0.25, -0.2) is 0 Å². The lowest BCUT2D eigenvalue weighted by Crippen LogP contribution is -2.36. The number of rotatable bonds is 10. The quantitative estimate of drug-likeness (QED) is 0.673. The lowest BCUT2D eigenvalue weighted by molar-refractivity contribution is -0.122. The van der Waals surface area contributed by atoms with E-state index in [2.05, 4.69) is 28.2 Å². The van der Waals surface area contributed by atoms with Crippen molar-refractivity contribution in [2.24, 2.45) is 0 Å². The third-order valence-corrected chi connectivity index (χ3v) is 4.40. The molecule has 0 unspecified atom stereocenters. The molecule has 0 saturated heterocycles. The van der Waals surface area contributed by atoms with Gasteiger partial charge in [-0.1, -0.05) is 36.4 Å². The highest BCUT2D eigenvalue weighted by molar-refractivity contribution is 7.09. The molecular weight excluding hydrogens is 320 g/mol. The van der Waals surface area contributed by atoms with Gasteiger partial charge in [0, 0.05) is 31.6 Å². The Hall–Kier alpha value is -1.95. The van der Waals surface area contributed by atoms with Crippen molar-refractivity contribution in [3.05, 3.63) is 70.4 Å². The predicted molar refractivity (Wildman–Crippen MR) is 98.8 cm³/mol. The van der Waals surface area contributed by atoms with Crippen LogP contribution in [0.5, 0.6) is 0 Å². The van der Waals surface area contributed by atoms with Gasteiger partial charge < -0.3 is 10.1 Å². The summed E-state index contributed by atoms with van der Waals surface area (Å²) in [7, 11) is 1.68. The standard InChI is InChI=1S/C19H24N2O2S/c1-3-10-21(13-18-5-4-11-24-18)14-19(22)20-12-16-6-8-17(9-7-16)15-23-2/h3-9,11H,1,10,12-15H2,2H3,(H,20,22). The predicted octanol–water partition coefficient (Wildman–Crippen LogP) is 3.20. The number of hydrogen-bond acceptors (Lipinski definition) is 4. The summed E-state index contributed by atoms with van der Waals surface area (Å²) < 4.78 is 5.09. The number of ether oxygens (including phenoxy) is 1. The first-order valence-electron chi connectivity index (χ1n) is 7.90. The smallest absolute Gasteiger partial charge is 0.234 e. The van der Waals surface area contributed by atoms with Crippen LogP contribution in [0.15, 0.2) is 54.4 Å². The maximum atomic E-state index is 12.2. The van der Waals surface area contributed by atoms with E-state index >= 15 is 0 Å². The molecule has 5 heteroatoms. The van der Waals surface area contributed by atoms with Crippen molar-refractivity contribution in [2.75, 3.05) is 20.2 Å². The molecule has 0 fully saturated rings. The van der Waals surface area contributed by atoms with Crippen molar-refractivity contribution >= 4 is 17.2 Å². The summed E-state index contributed by atoms with van der Waals surface area (Å²) in [5.41, 5.74) is 2.21. The Morgan fingerprint density at radius 1 is 1.29 bits per heavy atom. The molecule has 0 aliphatic heterocycles. The Kier molecular flexibility index (Phi) is 7.68. The number of nitrogens with one attached hydrogen (secondary N) is 1. The van der Waals surface area contributed by atoms with E-state index in [1.807, 2.05) is 36.4 Å². The van der Waals surface area contributed by atoms with Crippen molar-refractivity contribution in [1.29, 1.82) is 0 Å². The monoisotopic (exact) mass is 344 g/mol. The minimum Gasteiger partial charge on any atom is -0.380 e. The normalized spacial score (nSPS) is 10.8. The van der Waals surface area contributed by atoms with Crippen LogP contribution in [0.2, 0.25) is 0 Å². The van der Waals surface area contributed by atoms with Crippen LogP contribution in [-0.4, -0.2) is 31.0 Å². The minimum atomic E-state index is 0.0226. The number of methoxy groups -OCH3 is 1. The van der Waals surface area contributed by atoms with Crippen LogP contribution in [0.4, 0.5) is 0 Å². The molecular formula is C19H24N2O2S. The Labute approximate surface area is 147 Å². The van der Waals surface area contributed by atoms with E-state index in [1.165, 1.54) is 4.88 Å². The molecule has 1 N–H and O–H groups in total. The SMILES string of the molecule is C=CCN(CC(=O)NCc1ccc(COC)cc1)Cc1cccs1. The molecule has 0 spiro atoms. The summed E-state index contributed by atoms with van der Waals surface area (Å²) in [6, 6.07) is 12.2. The number of thiophene rings is 1. The molecule has 2 rings (SSSR count). The average Bonchev–Trinajstić information content (AvgIpc) is 3.08. The highest BCUT2D eigenvalue weighted by Crippen LogP contribution is 2.11. The van der Waals surface area contributed by atoms with Gasteiger partial charge in [0.15, 0.2) is 0 Å². The van der Waals surface area contributed by atoms with Crippen LogP contribution in [-0.2, 0) is 29.2 Å². The van der Waals surface area contributed by atoms with Crippen LogP contribution in [0, 0.1) is 0 Å². The van der Waals surface area contributed by atoms with Gasteiger partial charge in [-0.3, -0.25) is 9.69 Å². The van der Waals surface area contributed by atoms with Gasteiger partial charge >= 0.3 is 0 Å². The molecule has 0 saturated carbocycles. The first-order chi connectivity index (χ1) is 11.7. The topological polar surface area (TPSA) is 41.6 Å². The van der Waals surface area contributed by atoms with E-state index in [1.54, 1.807) is 18.4 Å². The number of hydrogen-bond donors (Lipinski definition) is 1. The van der Waals surface area contributed by atoms with Crippen LogP contribution < -0.4 is 5.32 Å². The lowest BCUT2D eigenvalue weighted by atomic mass is 10.1. The second-order valence-electron chi connectivity index (χ2n) is 5.56. The molecule has 1 aromatic heterocycles. The highest BCUT2D eigenvalue weighted by Gasteiger charge is 2.10. The van der Waals surface area contributed by atoms with E-state index in [9.17, 15) is 4.79 Å². The third kappa shape index (κ3) is 6.28. The van der Waals surface area contributed by atoms with E-state index in [4.69, 9.17) is 4.74 Å². The van der Waals surface area contributed by atoms with Crippen molar-refractivity contribution in [3.63, 3.8) is 0 Å². The van der Waals surface area contributed by atoms with Gasteiger partial charge in [0.1, 0.15) is 0 Å². The lowest BCUT2D eigenvalue weighted by Gasteiger charge is -2.19. The summed E-state index contributed by atoms with van der Waals surface area (Å²) in [6.07, 6.45) is 1.83. The molecule has 0 radical (unpaired) electrons. The van der Waals surface area contributed by atoms with Gasteiger partial charge in [-0.15, -0.1) is 17.9 Å². The molecule has 1 heterocycles. The van der Waals surface area contributed by atoms with Gasteiger partial charge in [0.25, 0.3) is 0 Å². The van der Waals surface area contributed by atoms with Crippen molar-refractivity contribution < 1.29 is 9.53 Å². The first kappa shape index (κ1) is 18.4. The summed E-state index contributed by atoms with van der Waals surface area (Å²) in [4.78, 5) is 15.5. The fourth-order valence-corrected chi connectivity index (χ4v) is 3.12. The molecule has 128 valence electrons. The zero-order chi connectivity index (χ0) is 17.2. The van der Waals surface area contributed by atoms with Crippen LogP contribution >= 0.6 is 11.3 Å². The Morgan fingerprint density at radius 2 is 2.04 bits per heavy atom. The fourth-order valence-electron chi connectivity index (χ4n) is 2.37. The number of carbonyl (C=O) groups is 1. The minimum absolute atomic E-state index is 0.0226. The number of carbonyl (C=O) groups excluding carboxylic acids is 1. The van der Waals surface area contributed by atoms with E-state index in [-0.39, 0.29) is 5.91 Å². The summed E-state index contributed by atoms with van der Waals surface area (Å²) in [5, 5.41) is 5.03. The summed E-state index contributed by atoms with van der Waals surface area (Å²) >= 11 is 1.70. The average molecular weight is 344 g/mol. The summed E-state index contributed by atoms with van der Waals surface area (Å²) in [6.45, 7) is 6.74. The maximum absolute atomic E-state index is 12.2. The van der Waals surface area contributed by atoms with Crippen molar-refractivity contribution in [3.8, 4) is 0 Å². The molecule has 0 aliphatic carbocycles. The molecule has 1 amide bonds. The second-order valence-corrected chi connectivity index (χ2v) is 6.60. The van der Waals surface area contributed by atoms with Gasteiger partial charge in [-0.2, -0.15) is 0 Å². The molecule has 0 bridgehead atoms. The zero-order valence-corrected chi connectivity index (χ0v) is 14.8. The van der Waals surface area contributed by atoms with Crippen LogP contribution in [0.25, 0.3) is 0 Å². The first-order valence-corrected chi connectivity index (χ1v) is 8.78. The summed E-state index contributed by atoms with van der Waals surface area (Å²) in [5.74, 6) is 0.0226. The van der Waals surface area contributed by atoms with Gasteiger partial charge in [-0.05, 0) is 22.6 Å². The highest BCUT2D eigenvalue weighted by atomic mass is 32.1. The van der Waals surface area contributed by atoms with Gasteiger partial charge in [0.05, 0.1) is 13.2 Å². The Balaban J connectivity index is 1.80. The molecule has 2 aromatic rings. The fraction of sp³-hybridized carbons (Fsp3) is 0.316.